The first-order valence-electron chi connectivity index (χ1n) is 6.70. The molecule has 0 bridgehead atoms. The van der Waals surface area contributed by atoms with Crippen LogP contribution >= 0.6 is 12.2 Å². The smallest absolute Gasteiger partial charge is 0.123 e. The van der Waals surface area contributed by atoms with Crippen molar-refractivity contribution in [2.75, 3.05) is 20.2 Å². The average Bonchev–Trinajstić information content (AvgIpc) is 2.40. The van der Waals surface area contributed by atoms with Crippen LogP contribution in [0.1, 0.15) is 30.5 Å². The number of nitrogens with two attached hydrogens (primary N) is 1. The van der Waals surface area contributed by atoms with Crippen LogP contribution in [-0.2, 0) is 11.3 Å². The van der Waals surface area contributed by atoms with Gasteiger partial charge in [-0.15, -0.1) is 0 Å². The zero-order valence-corrected chi connectivity index (χ0v) is 12.2. The Bertz CT molecular complexity index is 432. The fraction of sp³-hybridized carbons (Fsp3) is 0.571. The van der Waals surface area contributed by atoms with Crippen molar-refractivity contribution in [1.82, 2.24) is 9.88 Å². The molecule has 0 aromatic carbocycles. The van der Waals surface area contributed by atoms with E-state index < -0.39 is 0 Å². The van der Waals surface area contributed by atoms with Gasteiger partial charge in [-0.2, -0.15) is 0 Å². The average molecular weight is 279 g/mol. The Balaban J connectivity index is 1.94. The number of nitrogens with zero attached hydrogens (tertiary/aromatic N) is 2. The van der Waals surface area contributed by atoms with Crippen LogP contribution in [0.4, 0.5) is 0 Å². The predicted molar refractivity (Wildman–Crippen MR) is 80.0 cm³/mol. The van der Waals surface area contributed by atoms with Crippen LogP contribution in [0.2, 0.25) is 0 Å². The highest BCUT2D eigenvalue weighted by atomic mass is 32.1. The van der Waals surface area contributed by atoms with E-state index in [4.69, 9.17) is 22.7 Å². The molecule has 2 N–H and O–H groups in total. The van der Waals surface area contributed by atoms with E-state index >= 15 is 0 Å². The maximum atomic E-state index is 5.76. The molecule has 2 rings (SSSR count). The molecule has 0 radical (unpaired) electrons. The van der Waals surface area contributed by atoms with E-state index in [0.717, 1.165) is 37.4 Å². The lowest BCUT2D eigenvalue weighted by Crippen LogP contribution is -2.33. The molecule has 1 aliphatic rings. The van der Waals surface area contributed by atoms with Gasteiger partial charge in [0.15, 0.2) is 0 Å². The zero-order valence-electron chi connectivity index (χ0n) is 11.3. The number of aromatic nitrogens is 1. The Hall–Kier alpha value is -1.04. The summed E-state index contributed by atoms with van der Waals surface area (Å²) >= 11 is 5.04. The monoisotopic (exact) mass is 279 g/mol. The third-order valence-corrected chi connectivity index (χ3v) is 3.55. The van der Waals surface area contributed by atoms with Gasteiger partial charge in [0.2, 0.25) is 0 Å². The highest BCUT2D eigenvalue weighted by Crippen LogP contribution is 2.15. The zero-order chi connectivity index (χ0) is 13.7. The number of rotatable bonds is 5. The fourth-order valence-electron chi connectivity index (χ4n) is 2.44. The van der Waals surface area contributed by atoms with Crippen molar-refractivity contribution in [2.45, 2.75) is 31.9 Å². The summed E-state index contributed by atoms with van der Waals surface area (Å²) < 4.78 is 5.76. The molecule has 1 atom stereocenters. The molecule has 0 saturated carbocycles. The van der Waals surface area contributed by atoms with Crippen molar-refractivity contribution < 1.29 is 4.74 Å². The molecule has 0 spiro atoms. The van der Waals surface area contributed by atoms with Gasteiger partial charge in [0, 0.05) is 25.9 Å². The Labute approximate surface area is 120 Å². The Kier molecular flexibility index (Phi) is 5.24. The molecule has 1 aliphatic heterocycles. The minimum atomic E-state index is 0.351. The van der Waals surface area contributed by atoms with Crippen molar-refractivity contribution in [2.24, 2.45) is 5.73 Å². The predicted octanol–water partition coefficient (Wildman–Crippen LogP) is 1.72. The molecule has 1 aromatic rings. The molecule has 5 heteroatoms. The summed E-state index contributed by atoms with van der Waals surface area (Å²) in [5.74, 6) is 0. The molecule has 1 fully saturated rings. The minimum Gasteiger partial charge on any atom is -0.388 e. The minimum absolute atomic E-state index is 0.351. The summed E-state index contributed by atoms with van der Waals surface area (Å²) in [4.78, 5) is 6.86. The summed E-state index contributed by atoms with van der Waals surface area (Å²) in [6.45, 7) is 2.62. The van der Waals surface area contributed by atoms with E-state index in [-0.39, 0.29) is 0 Å². The van der Waals surface area contributed by atoms with Gasteiger partial charge in [-0.05, 0) is 37.9 Å². The van der Waals surface area contributed by atoms with Crippen LogP contribution in [-0.4, -0.2) is 41.2 Å². The largest absolute Gasteiger partial charge is 0.388 e. The van der Waals surface area contributed by atoms with Crippen LogP contribution in [0.3, 0.4) is 0 Å². The van der Waals surface area contributed by atoms with Crippen LogP contribution in [0.25, 0.3) is 0 Å². The highest BCUT2D eigenvalue weighted by Gasteiger charge is 2.17. The van der Waals surface area contributed by atoms with E-state index in [2.05, 4.69) is 16.9 Å². The van der Waals surface area contributed by atoms with Crippen molar-refractivity contribution in [3.8, 4) is 0 Å². The van der Waals surface area contributed by atoms with E-state index in [1.165, 1.54) is 12.8 Å². The van der Waals surface area contributed by atoms with E-state index in [1.54, 1.807) is 6.20 Å². The van der Waals surface area contributed by atoms with Gasteiger partial charge in [-0.25, -0.2) is 0 Å². The fourth-order valence-corrected chi connectivity index (χ4v) is 2.63. The topological polar surface area (TPSA) is 51.4 Å². The first-order valence-corrected chi connectivity index (χ1v) is 7.11. The van der Waals surface area contributed by atoms with Crippen LogP contribution < -0.4 is 5.73 Å². The molecule has 0 amide bonds. The summed E-state index contributed by atoms with van der Waals surface area (Å²) in [7, 11) is 2.09. The van der Waals surface area contributed by atoms with Crippen LogP contribution in [0, 0.1) is 0 Å². The molecule has 0 aliphatic carbocycles. The van der Waals surface area contributed by atoms with Crippen molar-refractivity contribution in [1.29, 1.82) is 0 Å². The second-order valence-electron chi connectivity index (χ2n) is 5.06. The number of ether oxygens (including phenoxy) is 1. The van der Waals surface area contributed by atoms with Crippen LogP contribution in [0.5, 0.6) is 0 Å². The lowest BCUT2D eigenvalue weighted by atomic mass is 10.1. The molecule has 1 saturated heterocycles. The molecule has 1 aromatic heterocycles. The molecular weight excluding hydrogens is 258 g/mol. The molecular formula is C14H21N3OS. The van der Waals surface area contributed by atoms with Gasteiger partial charge < -0.3 is 10.5 Å². The summed E-state index contributed by atoms with van der Waals surface area (Å²) in [6, 6.07) is 3.95. The van der Waals surface area contributed by atoms with Gasteiger partial charge in [0.05, 0.1) is 6.10 Å². The molecule has 1 unspecified atom stereocenters. The first kappa shape index (κ1) is 14.4. The number of likely N-dealkylation sites (N-methyl/N-ethyl adjacent to an activating group) is 1. The summed E-state index contributed by atoms with van der Waals surface area (Å²) in [5, 5.41) is 0. The number of hydrogen-bond acceptors (Lipinski definition) is 4. The Morgan fingerprint density at radius 3 is 3.11 bits per heavy atom. The lowest BCUT2D eigenvalue weighted by molar-refractivity contribution is -0.00260. The highest BCUT2D eigenvalue weighted by molar-refractivity contribution is 7.80. The molecule has 4 nitrogen and oxygen atoms in total. The van der Waals surface area contributed by atoms with E-state index in [1.807, 2.05) is 12.1 Å². The number of hydrogen-bond donors (Lipinski definition) is 1. The molecule has 19 heavy (non-hydrogen) atoms. The summed E-state index contributed by atoms with van der Waals surface area (Å²) in [6.07, 6.45) is 5.68. The van der Waals surface area contributed by atoms with Crippen molar-refractivity contribution in [3.05, 3.63) is 29.6 Å². The Morgan fingerprint density at radius 2 is 2.42 bits per heavy atom. The quantitative estimate of drug-likeness (QED) is 0.832. The van der Waals surface area contributed by atoms with Gasteiger partial charge in [-0.1, -0.05) is 18.3 Å². The lowest BCUT2D eigenvalue weighted by Gasteiger charge is -2.27. The Morgan fingerprint density at radius 1 is 1.58 bits per heavy atom. The van der Waals surface area contributed by atoms with Crippen molar-refractivity contribution in [3.63, 3.8) is 0 Å². The maximum absolute atomic E-state index is 5.76. The van der Waals surface area contributed by atoms with Gasteiger partial charge in [-0.3, -0.25) is 9.88 Å². The third-order valence-electron chi connectivity index (χ3n) is 3.35. The molecule has 104 valence electrons. The van der Waals surface area contributed by atoms with Crippen molar-refractivity contribution >= 4 is 17.2 Å². The normalized spacial score (nSPS) is 19.6. The van der Waals surface area contributed by atoms with E-state index in [9.17, 15) is 0 Å². The van der Waals surface area contributed by atoms with Crippen LogP contribution in [0.15, 0.2) is 18.3 Å². The maximum Gasteiger partial charge on any atom is 0.123 e. The third kappa shape index (κ3) is 4.23. The van der Waals surface area contributed by atoms with Gasteiger partial charge >= 0.3 is 0 Å². The molecule has 2 heterocycles. The standard InChI is InChI=1S/C14H21N3OS/c1-17(10-12-6-2-3-8-18-12)9-11-5-4-7-16-13(11)14(15)19/h4-5,7,12H,2-3,6,8-10H2,1H3,(H2,15,19). The number of thiocarbonyl (C=S) groups is 1. The number of pyridine rings is 1. The van der Waals surface area contributed by atoms with Gasteiger partial charge in [0.1, 0.15) is 10.7 Å². The van der Waals surface area contributed by atoms with E-state index in [0.29, 0.717) is 11.1 Å². The summed E-state index contributed by atoms with van der Waals surface area (Å²) in [5.41, 5.74) is 7.51. The first-order chi connectivity index (χ1) is 9.16. The second kappa shape index (κ2) is 6.93. The SMILES string of the molecule is CN(Cc1cccnc1C(N)=S)CC1CCCCO1. The van der Waals surface area contributed by atoms with Gasteiger partial charge in [0.25, 0.3) is 0 Å². The second-order valence-corrected chi connectivity index (χ2v) is 5.50.